The fraction of sp³-hybridized carbons (Fsp3) is 0.226. The number of alkyl carbamates (subject to hydrolysis) is 1. The molecule has 10 nitrogen and oxygen atoms in total. The van der Waals surface area contributed by atoms with E-state index in [1.54, 1.807) is 24.7 Å². The third kappa shape index (κ3) is 7.51. The van der Waals surface area contributed by atoms with Crippen molar-refractivity contribution in [2.24, 2.45) is 0 Å². The van der Waals surface area contributed by atoms with Crippen molar-refractivity contribution in [2.75, 3.05) is 17.7 Å². The molecule has 5 rings (SSSR count). The highest BCUT2D eigenvalue weighted by Gasteiger charge is 2.21. The number of hydrogen-bond donors (Lipinski definition) is 4. The normalized spacial score (nSPS) is 12.1. The first kappa shape index (κ1) is 27.4. The maximum Gasteiger partial charge on any atom is 0.408 e. The van der Waals surface area contributed by atoms with Crippen LogP contribution < -0.4 is 21.1 Å². The van der Waals surface area contributed by atoms with Gasteiger partial charge in [0.05, 0.1) is 12.2 Å². The SMILES string of the molecule is CC(C)(C)OC(=O)N[C@H](COc1cncc(-c2cccc(Nc3ccnc(N)n3)c2)c1)Cc1c[nH]c2ccccc12. The molecule has 0 radical (unpaired) electrons. The van der Waals surface area contributed by atoms with Crippen molar-refractivity contribution in [3.63, 3.8) is 0 Å². The summed E-state index contributed by atoms with van der Waals surface area (Å²) in [6, 6.07) is 19.2. The second-order valence-corrected chi connectivity index (χ2v) is 10.6. The van der Waals surface area contributed by atoms with E-state index >= 15 is 0 Å². The molecule has 0 fully saturated rings. The number of hydrogen-bond acceptors (Lipinski definition) is 8. The van der Waals surface area contributed by atoms with Gasteiger partial charge in [-0.05, 0) is 68.7 Å². The Balaban J connectivity index is 1.31. The number of carbonyl (C=O) groups excluding carboxylic acids is 1. The molecular formula is C31H33N7O3. The van der Waals surface area contributed by atoms with Gasteiger partial charge in [0.25, 0.3) is 0 Å². The standard InChI is InChI=1S/C31H33N7O3/c1-31(2,3)41-30(39)37-24(14-22-17-35-27-10-5-4-9-26(22)27)19-40-25-15-21(16-33-18-25)20-7-6-8-23(13-20)36-28-11-12-34-29(32)38-28/h4-13,15-18,24,35H,14,19H2,1-3H3,(H,37,39)(H3,32,34,36,38)/t24-/m0/s1. The number of carbonyl (C=O) groups is 1. The van der Waals surface area contributed by atoms with E-state index in [4.69, 9.17) is 15.2 Å². The Kier molecular flexibility index (Phi) is 8.00. The van der Waals surface area contributed by atoms with E-state index in [2.05, 4.69) is 36.6 Å². The molecule has 3 aromatic heterocycles. The molecule has 0 aliphatic heterocycles. The molecule has 0 saturated heterocycles. The van der Waals surface area contributed by atoms with Crippen molar-refractivity contribution >= 4 is 34.4 Å². The van der Waals surface area contributed by atoms with Crippen LogP contribution in [0.15, 0.2) is 85.5 Å². The molecule has 0 aliphatic carbocycles. The van der Waals surface area contributed by atoms with Gasteiger partial charge in [0.15, 0.2) is 0 Å². The number of nitrogens with zero attached hydrogens (tertiary/aromatic N) is 3. The van der Waals surface area contributed by atoms with Crippen LogP contribution in [0.3, 0.4) is 0 Å². The fourth-order valence-electron chi connectivity index (χ4n) is 4.41. The molecule has 0 spiro atoms. The van der Waals surface area contributed by atoms with Gasteiger partial charge in [-0.1, -0.05) is 30.3 Å². The van der Waals surface area contributed by atoms with Gasteiger partial charge in [0, 0.05) is 40.7 Å². The molecule has 41 heavy (non-hydrogen) atoms. The molecule has 1 atom stereocenters. The number of fused-ring (bicyclic) bond motifs is 1. The van der Waals surface area contributed by atoms with Gasteiger partial charge in [0.2, 0.25) is 5.95 Å². The van der Waals surface area contributed by atoms with Crippen LogP contribution in [0.2, 0.25) is 0 Å². The summed E-state index contributed by atoms with van der Waals surface area (Å²) in [5.41, 5.74) is 9.86. The lowest BCUT2D eigenvalue weighted by molar-refractivity contribution is 0.0488. The van der Waals surface area contributed by atoms with Crippen molar-refractivity contribution in [3.05, 3.63) is 91.0 Å². The zero-order chi connectivity index (χ0) is 28.8. The molecule has 210 valence electrons. The first-order valence-corrected chi connectivity index (χ1v) is 13.3. The Labute approximate surface area is 238 Å². The highest BCUT2D eigenvalue weighted by molar-refractivity contribution is 5.83. The van der Waals surface area contributed by atoms with Crippen LogP contribution in [0.5, 0.6) is 5.75 Å². The first-order valence-electron chi connectivity index (χ1n) is 13.3. The lowest BCUT2D eigenvalue weighted by Gasteiger charge is -2.24. The summed E-state index contributed by atoms with van der Waals surface area (Å²) in [5.74, 6) is 1.38. The number of nitrogens with one attached hydrogen (secondary N) is 3. The molecular weight excluding hydrogens is 518 g/mol. The maximum atomic E-state index is 12.7. The Bertz CT molecular complexity index is 1640. The van der Waals surface area contributed by atoms with Crippen LogP contribution in [-0.4, -0.2) is 44.3 Å². The minimum Gasteiger partial charge on any atom is -0.490 e. The number of rotatable bonds is 9. The van der Waals surface area contributed by atoms with Crippen LogP contribution in [-0.2, 0) is 11.2 Å². The van der Waals surface area contributed by atoms with E-state index in [1.165, 1.54) is 0 Å². The highest BCUT2D eigenvalue weighted by atomic mass is 16.6. The van der Waals surface area contributed by atoms with Gasteiger partial charge in [-0.15, -0.1) is 0 Å². The van der Waals surface area contributed by atoms with Crippen molar-refractivity contribution in [1.29, 1.82) is 0 Å². The lowest BCUT2D eigenvalue weighted by atomic mass is 10.1. The predicted octanol–water partition coefficient (Wildman–Crippen LogP) is 5.86. The Morgan fingerprint density at radius 3 is 2.73 bits per heavy atom. The van der Waals surface area contributed by atoms with E-state index in [1.807, 2.05) is 75.5 Å². The average molecular weight is 552 g/mol. The number of aromatic amines is 1. The van der Waals surface area contributed by atoms with Crippen molar-refractivity contribution in [2.45, 2.75) is 38.8 Å². The topological polar surface area (TPSA) is 140 Å². The quantitative estimate of drug-likeness (QED) is 0.179. The minimum absolute atomic E-state index is 0.198. The fourth-order valence-corrected chi connectivity index (χ4v) is 4.41. The molecule has 10 heteroatoms. The Hall–Kier alpha value is -5.12. The van der Waals surface area contributed by atoms with Crippen LogP contribution in [0.4, 0.5) is 22.2 Å². The van der Waals surface area contributed by atoms with Gasteiger partial charge < -0.3 is 30.8 Å². The van der Waals surface area contributed by atoms with E-state index in [0.717, 1.165) is 33.3 Å². The van der Waals surface area contributed by atoms with Crippen molar-refractivity contribution < 1.29 is 14.3 Å². The van der Waals surface area contributed by atoms with Gasteiger partial charge in [-0.25, -0.2) is 9.78 Å². The predicted molar refractivity (Wildman–Crippen MR) is 160 cm³/mol. The highest BCUT2D eigenvalue weighted by Crippen LogP contribution is 2.27. The minimum atomic E-state index is -0.613. The first-order chi connectivity index (χ1) is 19.7. The summed E-state index contributed by atoms with van der Waals surface area (Å²) in [5, 5.41) is 7.32. The van der Waals surface area contributed by atoms with Gasteiger partial charge in [-0.2, -0.15) is 4.98 Å². The molecule has 5 N–H and O–H groups in total. The molecule has 2 aromatic carbocycles. The van der Waals surface area contributed by atoms with Crippen LogP contribution in [0.25, 0.3) is 22.0 Å². The molecule has 0 bridgehead atoms. The number of benzene rings is 2. The summed E-state index contributed by atoms with van der Waals surface area (Å²) in [6.45, 7) is 5.73. The zero-order valence-corrected chi connectivity index (χ0v) is 23.2. The van der Waals surface area contributed by atoms with E-state index in [9.17, 15) is 4.79 Å². The number of amides is 1. The Morgan fingerprint density at radius 1 is 1.05 bits per heavy atom. The lowest BCUT2D eigenvalue weighted by Crippen LogP contribution is -2.43. The number of nitrogen functional groups attached to an aromatic ring is 1. The second kappa shape index (κ2) is 12.0. The van der Waals surface area contributed by atoms with Crippen LogP contribution in [0, 0.1) is 0 Å². The number of anilines is 3. The number of para-hydroxylation sites is 1. The average Bonchev–Trinajstić information content (AvgIpc) is 3.34. The summed E-state index contributed by atoms with van der Waals surface area (Å²) >= 11 is 0. The number of aromatic nitrogens is 4. The van der Waals surface area contributed by atoms with Crippen LogP contribution in [0.1, 0.15) is 26.3 Å². The van der Waals surface area contributed by atoms with Crippen LogP contribution >= 0.6 is 0 Å². The summed E-state index contributed by atoms with van der Waals surface area (Å²) in [6.07, 6.45) is 7.06. The molecule has 0 unspecified atom stereocenters. The molecule has 5 aromatic rings. The molecule has 0 aliphatic rings. The third-order valence-corrected chi connectivity index (χ3v) is 6.17. The molecule has 0 saturated carbocycles. The van der Waals surface area contributed by atoms with Gasteiger partial charge in [0.1, 0.15) is 23.8 Å². The number of nitrogens with two attached hydrogens (primary N) is 1. The molecule has 3 heterocycles. The summed E-state index contributed by atoms with van der Waals surface area (Å²) in [7, 11) is 0. The second-order valence-electron chi connectivity index (χ2n) is 10.6. The van der Waals surface area contributed by atoms with E-state index in [0.29, 0.717) is 18.0 Å². The molecule has 1 amide bonds. The smallest absolute Gasteiger partial charge is 0.408 e. The number of H-pyrrole nitrogens is 1. The zero-order valence-electron chi connectivity index (χ0n) is 23.2. The number of pyridine rings is 1. The summed E-state index contributed by atoms with van der Waals surface area (Å²) < 4.78 is 11.7. The van der Waals surface area contributed by atoms with Crippen molar-refractivity contribution in [3.8, 4) is 16.9 Å². The largest absolute Gasteiger partial charge is 0.490 e. The van der Waals surface area contributed by atoms with Gasteiger partial charge >= 0.3 is 6.09 Å². The Morgan fingerprint density at radius 2 is 1.90 bits per heavy atom. The third-order valence-electron chi connectivity index (χ3n) is 6.17. The number of ether oxygens (including phenoxy) is 2. The summed E-state index contributed by atoms with van der Waals surface area (Å²) in [4.78, 5) is 28.5. The van der Waals surface area contributed by atoms with Crippen molar-refractivity contribution in [1.82, 2.24) is 25.3 Å². The monoisotopic (exact) mass is 551 g/mol. The maximum absolute atomic E-state index is 12.7. The van der Waals surface area contributed by atoms with E-state index in [-0.39, 0.29) is 18.6 Å². The van der Waals surface area contributed by atoms with Gasteiger partial charge in [-0.3, -0.25) is 4.98 Å². The van der Waals surface area contributed by atoms with E-state index < -0.39 is 11.7 Å².